The molecule has 4 nitrogen and oxygen atoms in total. The average Bonchev–Trinajstić information content (AvgIpc) is 2.75. The molecule has 0 bridgehead atoms. The number of hydrogen-bond donors (Lipinski definition) is 2. The van der Waals surface area contributed by atoms with Gasteiger partial charge in [-0.1, -0.05) is 29.8 Å². The molecule has 0 amide bonds. The van der Waals surface area contributed by atoms with Gasteiger partial charge in [-0.3, -0.25) is 10.5 Å². The van der Waals surface area contributed by atoms with Crippen molar-refractivity contribution in [3.63, 3.8) is 0 Å². The molecule has 0 radical (unpaired) electrons. The molecule has 0 aliphatic heterocycles. The summed E-state index contributed by atoms with van der Waals surface area (Å²) < 4.78 is 3.03. The van der Waals surface area contributed by atoms with E-state index < -0.39 is 0 Å². The van der Waals surface area contributed by atoms with E-state index in [1.807, 2.05) is 28.9 Å². The van der Waals surface area contributed by atoms with E-state index in [9.17, 15) is 0 Å². The molecule has 2 aromatic rings. The molecule has 102 valence electrons. The molecule has 1 heterocycles. The number of rotatable bonds is 4. The van der Waals surface area contributed by atoms with Gasteiger partial charge < -0.3 is 0 Å². The van der Waals surface area contributed by atoms with Gasteiger partial charge in [0.1, 0.15) is 0 Å². The van der Waals surface area contributed by atoms with Crippen molar-refractivity contribution >= 4 is 34.2 Å². The Hall–Kier alpha value is -0.630. The fourth-order valence-corrected chi connectivity index (χ4v) is 3.00. The second-order valence-electron chi connectivity index (χ2n) is 4.54. The van der Waals surface area contributed by atoms with E-state index in [-0.39, 0.29) is 12.1 Å². The zero-order valence-electron chi connectivity index (χ0n) is 10.8. The van der Waals surface area contributed by atoms with E-state index in [4.69, 9.17) is 17.4 Å². The molecular formula is C13H16ClIN4. The van der Waals surface area contributed by atoms with Crippen molar-refractivity contribution in [1.82, 2.24) is 15.2 Å². The second-order valence-corrected chi connectivity index (χ2v) is 6.11. The standard InChI is InChI=1S/C13H16ClIN4/c1-8(2)19-13(10(14)7-17-19)12(18-16)9-5-3-4-6-11(9)15/h3-8,12,18H,16H2,1-2H3. The van der Waals surface area contributed by atoms with Crippen LogP contribution >= 0.6 is 34.2 Å². The Morgan fingerprint density at radius 2 is 2.05 bits per heavy atom. The van der Waals surface area contributed by atoms with Gasteiger partial charge >= 0.3 is 0 Å². The summed E-state index contributed by atoms with van der Waals surface area (Å²) in [6.45, 7) is 4.13. The van der Waals surface area contributed by atoms with Crippen LogP contribution < -0.4 is 11.3 Å². The number of aromatic nitrogens is 2. The first-order chi connectivity index (χ1) is 9.06. The molecule has 0 aliphatic carbocycles. The summed E-state index contributed by atoms with van der Waals surface area (Å²) in [7, 11) is 0. The Morgan fingerprint density at radius 1 is 1.37 bits per heavy atom. The molecule has 0 saturated heterocycles. The highest BCUT2D eigenvalue weighted by atomic mass is 127. The fourth-order valence-electron chi connectivity index (χ4n) is 2.06. The van der Waals surface area contributed by atoms with Crippen molar-refractivity contribution in [2.75, 3.05) is 0 Å². The highest BCUT2D eigenvalue weighted by Gasteiger charge is 2.23. The largest absolute Gasteiger partial charge is 0.271 e. The van der Waals surface area contributed by atoms with Crippen molar-refractivity contribution in [1.29, 1.82) is 0 Å². The Bertz CT molecular complexity index is 568. The Labute approximate surface area is 131 Å². The maximum absolute atomic E-state index is 6.28. The Kier molecular flexibility index (Phi) is 4.83. The summed E-state index contributed by atoms with van der Waals surface area (Å²) in [5.74, 6) is 5.75. The zero-order valence-corrected chi connectivity index (χ0v) is 13.7. The molecule has 6 heteroatoms. The van der Waals surface area contributed by atoms with Gasteiger partial charge in [-0.15, -0.1) is 0 Å². The first-order valence-electron chi connectivity index (χ1n) is 5.99. The summed E-state index contributed by atoms with van der Waals surface area (Å²) in [5.41, 5.74) is 4.83. The van der Waals surface area contributed by atoms with Crippen molar-refractivity contribution in [3.05, 3.63) is 50.3 Å². The monoisotopic (exact) mass is 390 g/mol. The van der Waals surface area contributed by atoms with Crippen molar-refractivity contribution in [2.24, 2.45) is 5.84 Å². The average molecular weight is 391 g/mol. The van der Waals surface area contributed by atoms with Crippen molar-refractivity contribution in [3.8, 4) is 0 Å². The lowest BCUT2D eigenvalue weighted by molar-refractivity contribution is 0.476. The summed E-state index contributed by atoms with van der Waals surface area (Å²) in [4.78, 5) is 0. The van der Waals surface area contributed by atoms with E-state index in [0.29, 0.717) is 5.02 Å². The molecule has 1 aromatic carbocycles. The van der Waals surface area contributed by atoms with Crippen molar-refractivity contribution in [2.45, 2.75) is 25.9 Å². The number of hydrogen-bond acceptors (Lipinski definition) is 3. The summed E-state index contributed by atoms with van der Waals surface area (Å²) in [6, 6.07) is 8.13. The van der Waals surface area contributed by atoms with Crippen LogP contribution in [0.25, 0.3) is 0 Å². The predicted molar refractivity (Wildman–Crippen MR) is 85.9 cm³/mol. The lowest BCUT2D eigenvalue weighted by Gasteiger charge is -2.21. The van der Waals surface area contributed by atoms with Crippen LogP contribution in [-0.4, -0.2) is 9.78 Å². The van der Waals surface area contributed by atoms with Crippen LogP contribution in [0.1, 0.15) is 37.2 Å². The third kappa shape index (κ3) is 2.94. The minimum Gasteiger partial charge on any atom is -0.271 e. The molecule has 0 saturated carbocycles. The topological polar surface area (TPSA) is 55.9 Å². The van der Waals surface area contributed by atoms with Crippen LogP contribution in [0.3, 0.4) is 0 Å². The van der Waals surface area contributed by atoms with Gasteiger partial charge in [-0.05, 0) is 48.1 Å². The van der Waals surface area contributed by atoms with E-state index in [2.05, 4.69) is 47.0 Å². The maximum atomic E-state index is 6.28. The van der Waals surface area contributed by atoms with Crippen LogP contribution in [0.4, 0.5) is 0 Å². The third-order valence-electron chi connectivity index (χ3n) is 2.93. The van der Waals surface area contributed by atoms with Crippen LogP contribution in [0.15, 0.2) is 30.5 Å². The van der Waals surface area contributed by atoms with Crippen LogP contribution in [0.5, 0.6) is 0 Å². The van der Waals surface area contributed by atoms with Gasteiger partial charge in [-0.2, -0.15) is 5.10 Å². The highest BCUT2D eigenvalue weighted by Crippen LogP contribution is 2.31. The quantitative estimate of drug-likeness (QED) is 0.478. The maximum Gasteiger partial charge on any atom is 0.0903 e. The number of benzene rings is 1. The molecule has 3 N–H and O–H groups in total. The number of nitrogens with one attached hydrogen (secondary N) is 1. The van der Waals surface area contributed by atoms with Crippen molar-refractivity contribution < 1.29 is 0 Å². The first kappa shape index (κ1) is 14.8. The first-order valence-corrected chi connectivity index (χ1v) is 7.45. The minimum atomic E-state index is -0.175. The molecule has 19 heavy (non-hydrogen) atoms. The molecule has 1 aromatic heterocycles. The predicted octanol–water partition coefficient (Wildman–Crippen LogP) is 3.27. The SMILES string of the molecule is CC(C)n1ncc(Cl)c1C(NN)c1ccccc1I. The molecule has 0 aliphatic rings. The highest BCUT2D eigenvalue weighted by molar-refractivity contribution is 14.1. The summed E-state index contributed by atoms with van der Waals surface area (Å²) >= 11 is 8.58. The van der Waals surface area contributed by atoms with E-state index in [1.165, 1.54) is 0 Å². The third-order valence-corrected chi connectivity index (χ3v) is 4.21. The lowest BCUT2D eigenvalue weighted by atomic mass is 10.0. The molecule has 1 unspecified atom stereocenters. The van der Waals surface area contributed by atoms with Gasteiger partial charge in [0, 0.05) is 9.61 Å². The van der Waals surface area contributed by atoms with E-state index in [1.54, 1.807) is 6.20 Å². The smallest absolute Gasteiger partial charge is 0.0903 e. The summed E-state index contributed by atoms with van der Waals surface area (Å²) in [6.07, 6.45) is 1.66. The minimum absolute atomic E-state index is 0.175. The van der Waals surface area contributed by atoms with Gasteiger partial charge in [0.15, 0.2) is 0 Å². The zero-order chi connectivity index (χ0) is 14.0. The van der Waals surface area contributed by atoms with Gasteiger partial charge in [-0.25, -0.2) is 5.43 Å². The number of halogens is 2. The normalized spacial score (nSPS) is 12.9. The lowest BCUT2D eigenvalue weighted by Crippen LogP contribution is -2.31. The number of hydrazine groups is 1. The van der Waals surface area contributed by atoms with Gasteiger partial charge in [0.25, 0.3) is 0 Å². The Morgan fingerprint density at radius 3 is 2.63 bits per heavy atom. The molecular weight excluding hydrogens is 375 g/mol. The molecule has 0 fully saturated rings. The van der Waals surface area contributed by atoms with Gasteiger partial charge in [0.2, 0.25) is 0 Å². The van der Waals surface area contributed by atoms with Crippen LogP contribution in [0.2, 0.25) is 5.02 Å². The van der Waals surface area contributed by atoms with E-state index >= 15 is 0 Å². The number of nitrogens with zero attached hydrogens (tertiary/aromatic N) is 2. The molecule has 0 spiro atoms. The van der Waals surface area contributed by atoms with Crippen LogP contribution in [-0.2, 0) is 0 Å². The fraction of sp³-hybridized carbons (Fsp3) is 0.308. The summed E-state index contributed by atoms with van der Waals surface area (Å²) in [5, 5.41) is 4.95. The second kappa shape index (κ2) is 6.21. The molecule has 2 rings (SSSR count). The van der Waals surface area contributed by atoms with Crippen LogP contribution in [0, 0.1) is 3.57 Å². The number of nitrogens with two attached hydrogens (primary N) is 1. The molecule has 1 atom stereocenters. The Balaban J connectivity index is 2.55. The van der Waals surface area contributed by atoms with Gasteiger partial charge in [0.05, 0.1) is 23.0 Å². The van der Waals surface area contributed by atoms with E-state index in [0.717, 1.165) is 14.8 Å².